The van der Waals surface area contributed by atoms with Crippen LogP contribution in [0.25, 0.3) is 0 Å². The van der Waals surface area contributed by atoms with Gasteiger partial charge in [-0.1, -0.05) is 57.0 Å². The lowest BCUT2D eigenvalue weighted by Crippen LogP contribution is -1.90. The van der Waals surface area contributed by atoms with Gasteiger partial charge in [0.2, 0.25) is 0 Å². The average Bonchev–Trinajstić information content (AvgIpc) is 2.10. The Balaban J connectivity index is 3.48. The van der Waals surface area contributed by atoms with Crippen LogP contribution in [0.1, 0.15) is 20.3 Å². The molecule has 0 radical (unpaired) electrons. The minimum Gasteiger partial charge on any atom is -0.120 e. The summed E-state index contributed by atoms with van der Waals surface area (Å²) in [4.78, 5) is 0. The maximum atomic E-state index is 5.28. The average molecular weight is 238 g/mol. The van der Waals surface area contributed by atoms with E-state index in [0.29, 0.717) is 4.58 Å². The summed E-state index contributed by atoms with van der Waals surface area (Å²) in [6.45, 7) is 4.34. The second-order valence-electron chi connectivity index (χ2n) is 1.84. The van der Waals surface area contributed by atoms with Crippen molar-refractivity contribution in [3.63, 3.8) is 0 Å². The Bertz CT molecular complexity index is 122. The van der Waals surface area contributed by atoms with Crippen LogP contribution in [0.4, 0.5) is 0 Å². The molecule has 0 bridgehead atoms. The van der Waals surface area contributed by atoms with Crippen molar-refractivity contribution in [2.75, 3.05) is 11.5 Å². The molecule has 0 aromatic carbocycles. The molecule has 0 aromatic rings. The van der Waals surface area contributed by atoms with Gasteiger partial charge in [0.1, 0.15) is 0 Å². The Morgan fingerprint density at radius 3 is 2.00 bits per heavy atom. The van der Waals surface area contributed by atoms with Gasteiger partial charge in [0.05, 0.1) is 4.58 Å². The predicted molar refractivity (Wildman–Crippen MR) is 68.7 cm³/mol. The molecule has 12 heavy (non-hydrogen) atoms. The fraction of sp³-hybridized carbons (Fsp3) is 0.750. The molecule has 4 heteroatoms. The van der Waals surface area contributed by atoms with Gasteiger partial charge in [0.15, 0.2) is 0 Å². The van der Waals surface area contributed by atoms with Crippen LogP contribution in [-0.2, 0) is 0 Å². The molecule has 0 aromatic heterocycles. The maximum absolute atomic E-state index is 5.28. The molecule has 0 rings (SSSR count). The minimum atomic E-state index is 0.560. The molecule has 0 atom stereocenters. The maximum Gasteiger partial charge on any atom is 0.0818 e. The molecule has 0 heterocycles. The van der Waals surface area contributed by atoms with Crippen molar-refractivity contribution < 1.29 is 0 Å². The van der Waals surface area contributed by atoms with Crippen LogP contribution in [0.5, 0.6) is 0 Å². The van der Waals surface area contributed by atoms with E-state index in [9.17, 15) is 0 Å². The van der Waals surface area contributed by atoms with Gasteiger partial charge in [-0.25, -0.2) is 0 Å². The Morgan fingerprint density at radius 1 is 1.17 bits per heavy atom. The first-order valence-electron chi connectivity index (χ1n) is 3.85. The van der Waals surface area contributed by atoms with Gasteiger partial charge in [-0.2, -0.15) is 0 Å². The third-order valence-electron chi connectivity index (χ3n) is 0.871. The van der Waals surface area contributed by atoms with Gasteiger partial charge in [0, 0.05) is 17.9 Å². The van der Waals surface area contributed by atoms with Crippen molar-refractivity contribution >= 4 is 43.2 Å². The topological polar surface area (TPSA) is 0 Å². The molecule has 0 nitrogen and oxygen atoms in total. The molecule has 0 aliphatic rings. The summed E-state index contributed by atoms with van der Waals surface area (Å²) in [6, 6.07) is 0. The van der Waals surface area contributed by atoms with Crippen LogP contribution in [0.3, 0.4) is 0 Å². The van der Waals surface area contributed by atoms with E-state index in [2.05, 4.69) is 19.8 Å². The van der Waals surface area contributed by atoms with Crippen LogP contribution in [0.2, 0.25) is 0 Å². The third-order valence-corrected chi connectivity index (χ3v) is 7.31. The lowest BCUT2D eigenvalue weighted by atomic mass is 10.5. The number of hydrogen-bond donors (Lipinski definition) is 0. The zero-order chi connectivity index (χ0) is 9.23. The lowest BCUT2D eigenvalue weighted by Gasteiger charge is -2.10. The van der Waals surface area contributed by atoms with Crippen molar-refractivity contribution in [2.45, 2.75) is 24.9 Å². The highest BCUT2D eigenvalue weighted by molar-refractivity contribution is 8.85. The van der Waals surface area contributed by atoms with E-state index in [-0.39, 0.29) is 0 Å². The van der Waals surface area contributed by atoms with Crippen molar-refractivity contribution in [3.8, 4) is 12.3 Å². The fourth-order valence-electron chi connectivity index (χ4n) is 0.468. The highest BCUT2D eigenvalue weighted by Gasteiger charge is 2.07. The highest BCUT2D eigenvalue weighted by Crippen LogP contribution is 2.40. The lowest BCUT2D eigenvalue weighted by molar-refractivity contribution is 1.25. The molecule has 70 valence electrons. The molecule has 0 spiro atoms. The third kappa shape index (κ3) is 7.60. The SMILES string of the molecule is C#CCC(SSCC)SSCC. The minimum absolute atomic E-state index is 0.560. The molecular weight excluding hydrogens is 224 g/mol. The largest absolute Gasteiger partial charge is 0.120 e. The quantitative estimate of drug-likeness (QED) is 0.371. The monoisotopic (exact) mass is 238 g/mol. The Hall–Kier alpha value is 0.960. The first-order chi connectivity index (χ1) is 5.85. The van der Waals surface area contributed by atoms with E-state index in [0.717, 1.165) is 17.9 Å². The van der Waals surface area contributed by atoms with Crippen LogP contribution in [0.15, 0.2) is 0 Å². The van der Waals surface area contributed by atoms with Crippen molar-refractivity contribution in [1.82, 2.24) is 0 Å². The first-order valence-corrected chi connectivity index (χ1v) is 8.61. The zero-order valence-corrected chi connectivity index (χ0v) is 10.7. The molecule has 0 aliphatic heterocycles. The molecule has 0 fully saturated rings. The van der Waals surface area contributed by atoms with Gasteiger partial charge in [0.25, 0.3) is 0 Å². The standard InChI is InChI=1S/C8H14S4/c1-4-7-8(11-9-5-2)12-10-6-3/h1,8H,5-7H2,2-3H3. The van der Waals surface area contributed by atoms with E-state index in [1.165, 1.54) is 0 Å². The summed E-state index contributed by atoms with van der Waals surface area (Å²) in [6.07, 6.45) is 6.15. The summed E-state index contributed by atoms with van der Waals surface area (Å²) in [5.74, 6) is 5.03. The van der Waals surface area contributed by atoms with Gasteiger partial charge in [-0.05, 0) is 0 Å². The summed E-state index contributed by atoms with van der Waals surface area (Å²) < 4.78 is 0.560. The van der Waals surface area contributed by atoms with Gasteiger partial charge in [-0.3, -0.25) is 0 Å². The van der Waals surface area contributed by atoms with Gasteiger partial charge >= 0.3 is 0 Å². The van der Waals surface area contributed by atoms with Crippen LogP contribution in [-0.4, -0.2) is 16.1 Å². The first kappa shape index (κ1) is 13.0. The number of rotatable bonds is 7. The number of terminal acetylenes is 1. The summed E-state index contributed by atoms with van der Waals surface area (Å²) in [5, 5.41) is 0. The van der Waals surface area contributed by atoms with E-state index in [4.69, 9.17) is 6.42 Å². The van der Waals surface area contributed by atoms with E-state index in [1.54, 1.807) is 0 Å². The highest BCUT2D eigenvalue weighted by atomic mass is 33.1. The molecule has 0 unspecified atom stereocenters. The van der Waals surface area contributed by atoms with E-state index >= 15 is 0 Å². The Labute approximate surface area is 91.6 Å². The molecule has 0 saturated carbocycles. The Kier molecular flexibility index (Phi) is 10.8. The second kappa shape index (κ2) is 10.0. The molecule has 0 saturated heterocycles. The van der Waals surface area contributed by atoms with Gasteiger partial charge < -0.3 is 0 Å². The Morgan fingerprint density at radius 2 is 1.67 bits per heavy atom. The number of hydrogen-bond acceptors (Lipinski definition) is 4. The van der Waals surface area contributed by atoms with Crippen molar-refractivity contribution in [2.24, 2.45) is 0 Å². The zero-order valence-electron chi connectivity index (χ0n) is 7.41. The van der Waals surface area contributed by atoms with Crippen molar-refractivity contribution in [1.29, 1.82) is 0 Å². The van der Waals surface area contributed by atoms with Gasteiger partial charge in [-0.15, -0.1) is 12.3 Å². The fourth-order valence-corrected chi connectivity index (χ4v) is 5.79. The molecular formula is C8H14S4. The van der Waals surface area contributed by atoms with Crippen LogP contribution >= 0.6 is 43.2 Å². The van der Waals surface area contributed by atoms with Crippen molar-refractivity contribution in [3.05, 3.63) is 0 Å². The summed E-state index contributed by atoms with van der Waals surface area (Å²) >= 11 is 0. The summed E-state index contributed by atoms with van der Waals surface area (Å²) in [7, 11) is 7.59. The summed E-state index contributed by atoms with van der Waals surface area (Å²) in [5.41, 5.74) is 0. The second-order valence-corrected chi connectivity index (χ2v) is 7.86. The normalized spacial score (nSPS) is 10.2. The molecule has 0 N–H and O–H groups in total. The van der Waals surface area contributed by atoms with Crippen LogP contribution < -0.4 is 0 Å². The predicted octanol–water partition coefficient (Wildman–Crippen LogP) is 4.14. The van der Waals surface area contributed by atoms with Crippen LogP contribution in [0, 0.1) is 12.3 Å². The van der Waals surface area contributed by atoms with E-state index < -0.39 is 0 Å². The van der Waals surface area contributed by atoms with E-state index in [1.807, 2.05) is 43.2 Å². The molecule has 0 amide bonds. The molecule has 0 aliphatic carbocycles. The smallest absolute Gasteiger partial charge is 0.0818 e.